The molecule has 1 spiro atoms. The molecule has 1 unspecified atom stereocenters. The number of halogens is 1. The molecule has 7 nitrogen and oxygen atoms in total. The standard InChI is InChI=1S/C19H26BFNO6P/c1-12(2)25-16(23)13(3)22-29(24,27-14-8-6-5-7-9-14)28-15-10-19(15)11-18(4,21)17(20)26-19/h5-9,12-13,15,17H,10-11H2,1-4H3,(H,22,24)/t13-,15-,17-,18-,19+,29?/m1/s1. The van der Waals surface area contributed by atoms with Crippen LogP contribution in [0.5, 0.6) is 5.75 Å². The van der Waals surface area contributed by atoms with E-state index in [2.05, 4.69) is 5.09 Å². The SMILES string of the molecule is [B][C@@H]1O[C@@]2(C[C@H]2OP(=O)(N[C@H](C)C(=O)OC(C)C)Oc2ccccc2)C[C@@]1(C)F. The lowest BCUT2D eigenvalue weighted by Crippen LogP contribution is -2.36. The minimum Gasteiger partial charge on any atom is -0.462 e. The number of hydrogen-bond acceptors (Lipinski definition) is 6. The van der Waals surface area contributed by atoms with Gasteiger partial charge in [-0.25, -0.2) is 8.96 Å². The molecule has 2 radical (unpaired) electrons. The second-order valence-corrected chi connectivity index (χ2v) is 9.74. The summed E-state index contributed by atoms with van der Waals surface area (Å²) in [6.45, 7) is 6.29. The molecule has 0 aromatic heterocycles. The first-order chi connectivity index (χ1) is 13.4. The smallest absolute Gasteiger partial charge is 0.459 e. The van der Waals surface area contributed by atoms with E-state index in [1.807, 2.05) is 0 Å². The highest BCUT2D eigenvalue weighted by Gasteiger charge is 2.68. The van der Waals surface area contributed by atoms with Gasteiger partial charge < -0.3 is 14.0 Å². The van der Waals surface area contributed by atoms with E-state index in [0.29, 0.717) is 12.2 Å². The Kier molecular flexibility index (Phi) is 6.17. The molecule has 6 atom stereocenters. The summed E-state index contributed by atoms with van der Waals surface area (Å²) in [6, 6.07) is 6.37. The Bertz CT molecular complexity index is 794. The number of rotatable bonds is 8. The van der Waals surface area contributed by atoms with E-state index in [0.717, 1.165) is 0 Å². The van der Waals surface area contributed by atoms with Gasteiger partial charge in [-0.15, -0.1) is 0 Å². The molecule has 0 bridgehead atoms. The van der Waals surface area contributed by atoms with Crippen molar-refractivity contribution in [1.29, 1.82) is 0 Å². The van der Waals surface area contributed by atoms with Gasteiger partial charge in [-0.1, -0.05) is 18.2 Å². The Morgan fingerprint density at radius 2 is 2.00 bits per heavy atom. The molecular weight excluding hydrogens is 399 g/mol. The van der Waals surface area contributed by atoms with Gasteiger partial charge in [0.15, 0.2) is 0 Å². The summed E-state index contributed by atoms with van der Waals surface area (Å²) in [6.07, 6.45) is -0.650. The van der Waals surface area contributed by atoms with E-state index in [-0.39, 0.29) is 12.5 Å². The van der Waals surface area contributed by atoms with E-state index >= 15 is 0 Å². The average molecular weight is 425 g/mol. The molecule has 158 valence electrons. The summed E-state index contributed by atoms with van der Waals surface area (Å²) in [7, 11) is 1.69. The average Bonchev–Trinajstić information content (AvgIpc) is 3.16. The molecule has 1 aromatic carbocycles. The number of carbonyl (C=O) groups excluding carboxylic acids is 1. The Labute approximate surface area is 171 Å². The lowest BCUT2D eigenvalue weighted by Gasteiger charge is -2.24. The van der Waals surface area contributed by atoms with Crippen LogP contribution in [0.2, 0.25) is 0 Å². The maximum atomic E-state index is 14.4. The van der Waals surface area contributed by atoms with Gasteiger partial charge in [0.25, 0.3) is 0 Å². The maximum absolute atomic E-state index is 14.4. The summed E-state index contributed by atoms with van der Waals surface area (Å²) in [4.78, 5) is 12.2. The number of benzene rings is 1. The summed E-state index contributed by atoms with van der Waals surface area (Å²) in [5.41, 5.74) is -2.65. The van der Waals surface area contributed by atoms with Crippen LogP contribution >= 0.6 is 7.75 Å². The van der Waals surface area contributed by atoms with Crippen molar-refractivity contribution >= 4 is 21.6 Å². The Morgan fingerprint density at radius 3 is 2.55 bits per heavy atom. The van der Waals surface area contributed by atoms with Crippen molar-refractivity contribution in [2.24, 2.45) is 0 Å². The predicted octanol–water partition coefficient (Wildman–Crippen LogP) is 3.27. The fourth-order valence-corrected chi connectivity index (χ4v) is 5.03. The molecule has 1 saturated carbocycles. The molecule has 1 N–H and O–H groups in total. The molecule has 1 saturated heterocycles. The zero-order valence-electron chi connectivity index (χ0n) is 17.0. The fourth-order valence-electron chi connectivity index (χ4n) is 3.29. The van der Waals surface area contributed by atoms with Crippen LogP contribution in [0.3, 0.4) is 0 Å². The van der Waals surface area contributed by atoms with E-state index in [1.165, 1.54) is 13.8 Å². The number of para-hydroxylation sites is 1. The molecular formula is C19H26BFNO6P. The molecule has 1 aromatic rings. The van der Waals surface area contributed by atoms with E-state index < -0.39 is 43.1 Å². The zero-order chi connectivity index (χ0) is 21.4. The first kappa shape index (κ1) is 22.3. The summed E-state index contributed by atoms with van der Waals surface area (Å²) < 4.78 is 49.9. The van der Waals surface area contributed by atoms with Crippen LogP contribution in [0.15, 0.2) is 30.3 Å². The Morgan fingerprint density at radius 1 is 1.34 bits per heavy atom. The van der Waals surface area contributed by atoms with Crippen molar-refractivity contribution in [1.82, 2.24) is 5.09 Å². The molecule has 2 aliphatic rings. The number of alkyl halides is 1. The summed E-state index contributed by atoms with van der Waals surface area (Å²) in [5.74, 6) is -0.302. The minimum absolute atomic E-state index is 0.0299. The van der Waals surface area contributed by atoms with Crippen molar-refractivity contribution < 1.29 is 32.3 Å². The van der Waals surface area contributed by atoms with Crippen molar-refractivity contribution in [3.63, 3.8) is 0 Å². The zero-order valence-corrected chi connectivity index (χ0v) is 17.9. The van der Waals surface area contributed by atoms with Gasteiger partial charge in [0.2, 0.25) is 0 Å². The third kappa shape index (κ3) is 5.20. The number of hydrogen-bond donors (Lipinski definition) is 1. The largest absolute Gasteiger partial charge is 0.462 e. The second kappa shape index (κ2) is 8.02. The van der Waals surface area contributed by atoms with E-state index in [1.54, 1.807) is 44.2 Å². The molecule has 1 aliphatic heterocycles. The fraction of sp³-hybridized carbons (Fsp3) is 0.632. The lowest BCUT2D eigenvalue weighted by atomic mass is 9.85. The van der Waals surface area contributed by atoms with Crippen LogP contribution in [0.4, 0.5) is 4.39 Å². The number of esters is 1. The summed E-state index contributed by atoms with van der Waals surface area (Å²) >= 11 is 0. The van der Waals surface area contributed by atoms with E-state index in [9.17, 15) is 13.8 Å². The molecule has 0 amide bonds. The third-order valence-corrected chi connectivity index (χ3v) is 6.54. The van der Waals surface area contributed by atoms with Gasteiger partial charge in [-0.05, 0) is 39.8 Å². The highest BCUT2D eigenvalue weighted by atomic mass is 31.2. The Hall–Kier alpha value is -1.41. The first-order valence-corrected chi connectivity index (χ1v) is 11.1. The minimum atomic E-state index is -4.02. The van der Waals surface area contributed by atoms with Crippen LogP contribution in [0.1, 0.15) is 40.5 Å². The molecule has 10 heteroatoms. The van der Waals surface area contributed by atoms with Gasteiger partial charge in [0.05, 0.1) is 12.1 Å². The quantitative estimate of drug-likeness (QED) is 0.389. The van der Waals surface area contributed by atoms with Crippen LogP contribution in [-0.2, 0) is 23.4 Å². The maximum Gasteiger partial charge on any atom is 0.459 e. The predicted molar refractivity (Wildman–Crippen MR) is 105 cm³/mol. The monoisotopic (exact) mass is 425 g/mol. The van der Waals surface area contributed by atoms with Crippen LogP contribution in [0.25, 0.3) is 0 Å². The van der Waals surface area contributed by atoms with Gasteiger partial charge >= 0.3 is 13.7 Å². The number of nitrogens with one attached hydrogen (secondary N) is 1. The molecule has 3 rings (SSSR count). The van der Waals surface area contributed by atoms with Gasteiger partial charge in [-0.3, -0.25) is 9.32 Å². The van der Waals surface area contributed by atoms with Crippen LogP contribution in [-0.4, -0.2) is 49.3 Å². The summed E-state index contributed by atoms with van der Waals surface area (Å²) in [5, 5.41) is 2.61. The molecule has 29 heavy (non-hydrogen) atoms. The van der Waals surface area contributed by atoms with Crippen molar-refractivity contribution in [3.8, 4) is 5.75 Å². The van der Waals surface area contributed by atoms with Crippen molar-refractivity contribution in [2.75, 3.05) is 0 Å². The van der Waals surface area contributed by atoms with Gasteiger partial charge in [-0.2, -0.15) is 5.09 Å². The van der Waals surface area contributed by atoms with E-state index in [4.69, 9.17) is 26.4 Å². The molecule has 2 fully saturated rings. The lowest BCUT2D eigenvalue weighted by molar-refractivity contribution is -0.149. The van der Waals surface area contributed by atoms with Gasteiger partial charge in [0.1, 0.15) is 37.0 Å². The van der Waals surface area contributed by atoms with Crippen LogP contribution in [0, 0.1) is 0 Å². The highest BCUT2D eigenvalue weighted by molar-refractivity contribution is 7.52. The molecule has 1 aliphatic carbocycles. The van der Waals surface area contributed by atoms with Crippen molar-refractivity contribution in [3.05, 3.63) is 30.3 Å². The third-order valence-electron chi connectivity index (χ3n) is 4.85. The Balaban J connectivity index is 1.74. The second-order valence-electron chi connectivity index (χ2n) is 8.09. The normalized spacial score (nSPS) is 34.0. The topological polar surface area (TPSA) is 83.1 Å². The van der Waals surface area contributed by atoms with Crippen LogP contribution < -0.4 is 9.61 Å². The number of ether oxygens (including phenoxy) is 2. The molecule has 1 heterocycles. The van der Waals surface area contributed by atoms with Crippen molar-refractivity contribution in [2.45, 2.75) is 76.1 Å². The van der Waals surface area contributed by atoms with Gasteiger partial charge in [0, 0.05) is 12.8 Å². The first-order valence-electron chi connectivity index (χ1n) is 9.58. The number of carbonyl (C=O) groups is 1. The highest BCUT2D eigenvalue weighted by Crippen LogP contribution is 2.61.